The number of benzene rings is 1. The average molecular weight is 323 g/mol. The van der Waals surface area contributed by atoms with Gasteiger partial charge < -0.3 is 4.90 Å². The van der Waals surface area contributed by atoms with E-state index in [0.717, 1.165) is 25.2 Å². The molecule has 114 valence electrons. The Balaban J connectivity index is 1.66. The second kappa shape index (κ2) is 8.52. The van der Waals surface area contributed by atoms with Gasteiger partial charge in [-0.05, 0) is 45.3 Å². The van der Waals surface area contributed by atoms with Crippen LogP contribution in [0.5, 0.6) is 0 Å². The van der Waals surface area contributed by atoms with Crippen LogP contribution >= 0.6 is 22.9 Å². The van der Waals surface area contributed by atoms with E-state index in [4.69, 9.17) is 11.6 Å². The molecule has 4 heteroatoms. The zero-order valence-corrected chi connectivity index (χ0v) is 14.4. The van der Waals surface area contributed by atoms with E-state index in [2.05, 4.69) is 53.5 Å². The summed E-state index contributed by atoms with van der Waals surface area (Å²) in [5.74, 6) is 0.524. The molecule has 0 fully saturated rings. The molecular weight excluding hydrogens is 300 g/mol. The number of hydrogen-bond acceptors (Lipinski definition) is 3. The molecule has 2 rings (SSSR count). The summed E-state index contributed by atoms with van der Waals surface area (Å²) in [6, 6.07) is 8.74. The Morgan fingerprint density at radius 1 is 1.29 bits per heavy atom. The second-order valence-electron chi connectivity index (χ2n) is 5.55. The molecule has 0 spiro atoms. The lowest BCUT2D eigenvalue weighted by Gasteiger charge is -2.16. The van der Waals surface area contributed by atoms with Crippen LogP contribution in [0.15, 0.2) is 29.6 Å². The van der Waals surface area contributed by atoms with Gasteiger partial charge in [-0.2, -0.15) is 0 Å². The van der Waals surface area contributed by atoms with Crippen LogP contribution in [-0.2, 0) is 18.8 Å². The van der Waals surface area contributed by atoms with Crippen LogP contribution < -0.4 is 0 Å². The first-order valence-corrected chi connectivity index (χ1v) is 8.82. The highest BCUT2D eigenvalue weighted by molar-refractivity contribution is 7.09. The molecule has 2 aromatic rings. The van der Waals surface area contributed by atoms with Crippen molar-refractivity contribution in [2.75, 3.05) is 13.6 Å². The van der Waals surface area contributed by atoms with Gasteiger partial charge in [0.25, 0.3) is 0 Å². The van der Waals surface area contributed by atoms with E-state index in [-0.39, 0.29) is 0 Å². The van der Waals surface area contributed by atoms with Crippen LogP contribution in [0.4, 0.5) is 0 Å². The number of halogens is 1. The summed E-state index contributed by atoms with van der Waals surface area (Å²) < 4.78 is 0. The molecule has 0 atom stereocenters. The van der Waals surface area contributed by atoms with E-state index in [0.29, 0.717) is 5.88 Å². The minimum absolute atomic E-state index is 0.524. The van der Waals surface area contributed by atoms with Gasteiger partial charge in [0, 0.05) is 11.9 Å². The molecule has 1 heterocycles. The van der Waals surface area contributed by atoms with E-state index in [9.17, 15) is 0 Å². The van der Waals surface area contributed by atoms with E-state index in [1.807, 2.05) is 0 Å². The van der Waals surface area contributed by atoms with Gasteiger partial charge in [0.05, 0.1) is 16.6 Å². The minimum atomic E-state index is 0.524. The Labute approximate surface area is 136 Å². The smallest absolute Gasteiger partial charge is 0.0928 e. The highest BCUT2D eigenvalue weighted by Gasteiger charge is 2.03. The molecule has 0 saturated carbocycles. The average Bonchev–Trinajstić information content (AvgIpc) is 2.91. The molecule has 0 aliphatic heterocycles. The number of hydrogen-bond donors (Lipinski definition) is 0. The number of alkyl halides is 1. The minimum Gasteiger partial charge on any atom is -0.302 e. The molecule has 1 aromatic carbocycles. The van der Waals surface area contributed by atoms with Crippen LogP contribution in [0.2, 0.25) is 0 Å². The predicted octanol–water partition coefficient (Wildman–Crippen LogP) is 4.65. The highest BCUT2D eigenvalue weighted by Crippen LogP contribution is 2.14. The van der Waals surface area contributed by atoms with Crippen molar-refractivity contribution in [3.63, 3.8) is 0 Å². The Kier molecular flexibility index (Phi) is 6.68. The van der Waals surface area contributed by atoms with Crippen molar-refractivity contribution >= 4 is 22.9 Å². The Bertz CT molecular complexity index is 553. The van der Waals surface area contributed by atoms with Crippen molar-refractivity contribution in [1.82, 2.24) is 9.88 Å². The van der Waals surface area contributed by atoms with E-state index < -0.39 is 0 Å². The van der Waals surface area contributed by atoms with Gasteiger partial charge in [-0.3, -0.25) is 0 Å². The van der Waals surface area contributed by atoms with E-state index in [1.165, 1.54) is 29.0 Å². The largest absolute Gasteiger partial charge is 0.302 e. The Hall–Kier alpha value is -0.900. The lowest BCUT2D eigenvalue weighted by molar-refractivity contribution is 0.318. The zero-order chi connectivity index (χ0) is 15.1. The lowest BCUT2D eigenvalue weighted by atomic mass is 10.1. The fraction of sp³-hybridized carbons (Fsp3) is 0.471. The third-order valence-electron chi connectivity index (χ3n) is 3.45. The van der Waals surface area contributed by atoms with Crippen LogP contribution in [0.25, 0.3) is 0 Å². The van der Waals surface area contributed by atoms with Crippen molar-refractivity contribution in [3.05, 3.63) is 51.5 Å². The van der Waals surface area contributed by atoms with Crippen LogP contribution in [-0.4, -0.2) is 23.5 Å². The molecule has 0 unspecified atom stereocenters. The van der Waals surface area contributed by atoms with Crippen molar-refractivity contribution < 1.29 is 0 Å². The molecule has 0 radical (unpaired) electrons. The fourth-order valence-electron chi connectivity index (χ4n) is 2.38. The summed E-state index contributed by atoms with van der Waals surface area (Å²) in [6.45, 7) is 4.30. The van der Waals surface area contributed by atoms with Gasteiger partial charge in [0.15, 0.2) is 0 Å². The number of nitrogens with zero attached hydrogens (tertiary/aromatic N) is 2. The monoisotopic (exact) mass is 322 g/mol. The summed E-state index contributed by atoms with van der Waals surface area (Å²) in [5.41, 5.74) is 3.73. The normalized spacial score (nSPS) is 11.2. The van der Waals surface area contributed by atoms with Crippen molar-refractivity contribution in [2.45, 2.75) is 38.6 Å². The van der Waals surface area contributed by atoms with Crippen LogP contribution in [0.1, 0.15) is 34.7 Å². The number of unbranched alkanes of at least 4 members (excludes halogenated alkanes) is 1. The molecular formula is C17H23ClN2S. The predicted molar refractivity (Wildman–Crippen MR) is 92.1 cm³/mol. The van der Waals surface area contributed by atoms with Gasteiger partial charge in [-0.15, -0.1) is 22.9 Å². The summed E-state index contributed by atoms with van der Waals surface area (Å²) in [5, 5.41) is 3.28. The first kappa shape index (κ1) is 16.5. The standard InChI is InChI=1S/C17H23ClN2S/c1-14-6-5-7-15(10-14)12-20(2)9-4-3-8-17-19-16(11-18)13-21-17/h5-7,10,13H,3-4,8-9,11-12H2,1-2H3. The summed E-state index contributed by atoms with van der Waals surface area (Å²) in [7, 11) is 2.19. The zero-order valence-electron chi connectivity index (χ0n) is 12.8. The SMILES string of the molecule is Cc1cccc(CN(C)CCCCc2nc(CCl)cs2)c1. The number of rotatable bonds is 8. The molecule has 1 aromatic heterocycles. The van der Waals surface area contributed by atoms with Gasteiger partial charge in [-0.25, -0.2) is 4.98 Å². The summed E-state index contributed by atoms with van der Waals surface area (Å²) in [4.78, 5) is 6.89. The highest BCUT2D eigenvalue weighted by atomic mass is 35.5. The lowest BCUT2D eigenvalue weighted by Crippen LogP contribution is -2.19. The quantitative estimate of drug-likeness (QED) is 0.519. The van der Waals surface area contributed by atoms with Gasteiger partial charge in [0.1, 0.15) is 0 Å². The number of aromatic nitrogens is 1. The topological polar surface area (TPSA) is 16.1 Å². The maximum Gasteiger partial charge on any atom is 0.0928 e. The maximum atomic E-state index is 5.77. The molecule has 0 aliphatic carbocycles. The molecule has 21 heavy (non-hydrogen) atoms. The summed E-state index contributed by atoms with van der Waals surface area (Å²) in [6.07, 6.45) is 3.46. The third-order valence-corrected chi connectivity index (χ3v) is 4.68. The first-order chi connectivity index (χ1) is 10.2. The van der Waals surface area contributed by atoms with Crippen LogP contribution in [0, 0.1) is 6.92 Å². The van der Waals surface area contributed by atoms with E-state index >= 15 is 0 Å². The van der Waals surface area contributed by atoms with Crippen molar-refractivity contribution in [3.8, 4) is 0 Å². The van der Waals surface area contributed by atoms with Gasteiger partial charge >= 0.3 is 0 Å². The first-order valence-electron chi connectivity index (χ1n) is 7.40. The third kappa shape index (κ3) is 5.77. The van der Waals surface area contributed by atoms with Crippen molar-refractivity contribution in [2.24, 2.45) is 0 Å². The number of thiazole rings is 1. The van der Waals surface area contributed by atoms with Crippen LogP contribution in [0.3, 0.4) is 0 Å². The van der Waals surface area contributed by atoms with Gasteiger partial charge in [0.2, 0.25) is 0 Å². The molecule has 0 N–H and O–H groups in total. The van der Waals surface area contributed by atoms with Crippen molar-refractivity contribution in [1.29, 1.82) is 0 Å². The Morgan fingerprint density at radius 3 is 2.86 bits per heavy atom. The molecule has 0 bridgehead atoms. The van der Waals surface area contributed by atoms with Gasteiger partial charge in [-0.1, -0.05) is 29.8 Å². The molecule has 0 amide bonds. The summed E-state index contributed by atoms with van der Waals surface area (Å²) >= 11 is 7.50. The Morgan fingerprint density at radius 2 is 2.14 bits per heavy atom. The number of aryl methyl sites for hydroxylation is 2. The second-order valence-corrected chi connectivity index (χ2v) is 6.76. The molecule has 2 nitrogen and oxygen atoms in total. The maximum absolute atomic E-state index is 5.77. The fourth-order valence-corrected chi connectivity index (χ4v) is 3.45. The molecule has 0 saturated heterocycles. The molecule has 0 aliphatic rings. The van der Waals surface area contributed by atoms with E-state index in [1.54, 1.807) is 11.3 Å².